The Balaban J connectivity index is 1.67. The van der Waals surface area contributed by atoms with Crippen molar-refractivity contribution >= 4 is 23.1 Å². The van der Waals surface area contributed by atoms with Crippen LogP contribution in [0.25, 0.3) is 0 Å². The van der Waals surface area contributed by atoms with E-state index < -0.39 is 0 Å². The van der Waals surface area contributed by atoms with Crippen molar-refractivity contribution in [1.82, 2.24) is 9.88 Å². The van der Waals surface area contributed by atoms with Crippen molar-refractivity contribution in [3.05, 3.63) is 54.2 Å². The molecule has 0 atom stereocenters. The number of pyridine rings is 1. The monoisotopic (exact) mass is 320 g/mol. The number of carbonyl (C=O) groups is 1. The lowest BCUT2D eigenvalue weighted by atomic mass is 10.1. The maximum atomic E-state index is 13.0. The molecule has 0 bridgehead atoms. The highest BCUT2D eigenvalue weighted by molar-refractivity contribution is 6.54. The third kappa shape index (κ3) is 2.83. The Bertz CT molecular complexity index is 766. The Morgan fingerprint density at radius 1 is 1.00 bits per heavy atom. The lowest BCUT2D eigenvalue weighted by Gasteiger charge is -2.30. The van der Waals surface area contributed by atoms with E-state index in [9.17, 15) is 4.79 Å². The van der Waals surface area contributed by atoms with Crippen LogP contribution < -0.4 is 4.90 Å². The molecule has 0 spiro atoms. The van der Waals surface area contributed by atoms with Crippen LogP contribution in [0.3, 0.4) is 0 Å². The molecule has 0 unspecified atom stereocenters. The quantitative estimate of drug-likeness (QED) is 0.873. The summed E-state index contributed by atoms with van der Waals surface area (Å²) in [5.74, 6) is 0.530. The van der Waals surface area contributed by atoms with Gasteiger partial charge in [-0.25, -0.2) is 9.98 Å². The lowest BCUT2D eigenvalue weighted by molar-refractivity contribution is -0.112. The van der Waals surface area contributed by atoms with Crippen LogP contribution in [-0.2, 0) is 4.79 Å². The number of para-hydroxylation sites is 1. The van der Waals surface area contributed by atoms with Crippen LogP contribution in [0.5, 0.6) is 0 Å². The number of fused-ring (bicyclic) bond motifs is 1. The van der Waals surface area contributed by atoms with Crippen LogP contribution in [0.4, 0.5) is 11.5 Å². The van der Waals surface area contributed by atoms with Gasteiger partial charge in [0.25, 0.3) is 5.91 Å². The molecule has 122 valence electrons. The normalized spacial score (nSPS) is 19.8. The second-order valence-corrected chi connectivity index (χ2v) is 6.22. The zero-order chi connectivity index (χ0) is 16.4. The molecule has 24 heavy (non-hydrogen) atoms. The van der Waals surface area contributed by atoms with E-state index in [0.717, 1.165) is 24.3 Å². The molecule has 0 radical (unpaired) electrons. The SMILES string of the molecule is O=C1/C(=N\c2ccccn2)c2ccccc2N1CN1CCCCC1. The Labute approximate surface area is 141 Å². The van der Waals surface area contributed by atoms with Crippen molar-refractivity contribution in [1.29, 1.82) is 0 Å². The third-order valence-electron chi connectivity index (χ3n) is 4.56. The zero-order valence-corrected chi connectivity index (χ0v) is 13.6. The zero-order valence-electron chi connectivity index (χ0n) is 13.6. The first kappa shape index (κ1) is 15.0. The Morgan fingerprint density at radius 3 is 2.58 bits per heavy atom. The standard InChI is InChI=1S/C19H20N4O/c24-19-18(21-17-10-4-5-11-20-17)15-8-2-3-9-16(15)23(19)14-22-12-6-1-7-13-22/h2-5,8-11H,1,6-7,12-14H2/b21-18-. The molecule has 0 saturated carbocycles. The van der Waals surface area contributed by atoms with E-state index in [1.165, 1.54) is 19.3 Å². The summed E-state index contributed by atoms with van der Waals surface area (Å²) in [6.45, 7) is 2.74. The van der Waals surface area contributed by atoms with Crippen molar-refractivity contribution < 1.29 is 4.79 Å². The van der Waals surface area contributed by atoms with Crippen molar-refractivity contribution in [2.75, 3.05) is 24.7 Å². The van der Waals surface area contributed by atoms with Gasteiger partial charge in [0.1, 0.15) is 5.71 Å². The number of rotatable bonds is 3. The number of anilines is 1. The minimum Gasteiger partial charge on any atom is -0.293 e. The third-order valence-corrected chi connectivity index (χ3v) is 4.56. The summed E-state index contributed by atoms with van der Waals surface area (Å²) in [6, 6.07) is 13.4. The van der Waals surface area contributed by atoms with Gasteiger partial charge < -0.3 is 0 Å². The number of aliphatic imine (C=N–C) groups is 1. The largest absolute Gasteiger partial charge is 0.293 e. The van der Waals surface area contributed by atoms with E-state index in [1.807, 2.05) is 47.4 Å². The number of piperidine rings is 1. The maximum absolute atomic E-state index is 13.0. The van der Waals surface area contributed by atoms with Gasteiger partial charge in [-0.1, -0.05) is 30.7 Å². The van der Waals surface area contributed by atoms with E-state index in [2.05, 4.69) is 14.9 Å². The number of carbonyl (C=O) groups excluding carboxylic acids is 1. The predicted molar refractivity (Wildman–Crippen MR) is 94.7 cm³/mol. The maximum Gasteiger partial charge on any atom is 0.278 e. The van der Waals surface area contributed by atoms with Crippen LogP contribution >= 0.6 is 0 Å². The molecule has 3 heterocycles. The second kappa shape index (κ2) is 6.53. The summed E-state index contributed by atoms with van der Waals surface area (Å²) in [5, 5.41) is 0. The highest BCUT2D eigenvalue weighted by Gasteiger charge is 2.34. The lowest BCUT2D eigenvalue weighted by Crippen LogP contribution is -2.43. The van der Waals surface area contributed by atoms with E-state index in [-0.39, 0.29) is 5.91 Å². The predicted octanol–water partition coefficient (Wildman–Crippen LogP) is 2.99. The fourth-order valence-corrected chi connectivity index (χ4v) is 3.35. The molecule has 1 saturated heterocycles. The molecular weight excluding hydrogens is 300 g/mol. The van der Waals surface area contributed by atoms with Crippen LogP contribution in [-0.4, -0.2) is 41.3 Å². The van der Waals surface area contributed by atoms with Crippen LogP contribution in [0.2, 0.25) is 0 Å². The first-order chi connectivity index (χ1) is 11.8. The van der Waals surface area contributed by atoms with Gasteiger partial charge in [0.2, 0.25) is 0 Å². The van der Waals surface area contributed by atoms with Gasteiger partial charge in [-0.05, 0) is 44.1 Å². The molecule has 5 nitrogen and oxygen atoms in total. The van der Waals surface area contributed by atoms with Crippen molar-refractivity contribution in [3.8, 4) is 0 Å². The molecule has 0 aliphatic carbocycles. The number of hydrogen-bond donors (Lipinski definition) is 0. The van der Waals surface area contributed by atoms with Gasteiger partial charge in [0.05, 0.1) is 12.4 Å². The molecule has 1 aromatic heterocycles. The Hall–Kier alpha value is -2.53. The molecule has 0 N–H and O–H groups in total. The average Bonchev–Trinajstić information content (AvgIpc) is 2.90. The minimum atomic E-state index is -0.0348. The van der Waals surface area contributed by atoms with Gasteiger partial charge in [-0.15, -0.1) is 0 Å². The molecule has 2 aliphatic rings. The van der Waals surface area contributed by atoms with Gasteiger partial charge in [0, 0.05) is 11.8 Å². The van der Waals surface area contributed by atoms with E-state index in [4.69, 9.17) is 0 Å². The average molecular weight is 320 g/mol. The fourth-order valence-electron chi connectivity index (χ4n) is 3.35. The van der Waals surface area contributed by atoms with E-state index in [1.54, 1.807) is 6.20 Å². The molecule has 1 aromatic carbocycles. The molecule has 2 aromatic rings. The van der Waals surface area contributed by atoms with Gasteiger partial charge in [-0.2, -0.15) is 0 Å². The van der Waals surface area contributed by atoms with E-state index >= 15 is 0 Å². The summed E-state index contributed by atoms with van der Waals surface area (Å²) >= 11 is 0. The molecule has 2 aliphatic heterocycles. The van der Waals surface area contributed by atoms with Crippen LogP contribution in [0.1, 0.15) is 24.8 Å². The van der Waals surface area contributed by atoms with Crippen LogP contribution in [0.15, 0.2) is 53.7 Å². The van der Waals surface area contributed by atoms with E-state index in [0.29, 0.717) is 18.2 Å². The summed E-state index contributed by atoms with van der Waals surface area (Å²) in [6.07, 6.45) is 5.39. The molecule has 5 heteroatoms. The Morgan fingerprint density at radius 2 is 1.79 bits per heavy atom. The minimum absolute atomic E-state index is 0.0348. The van der Waals surface area contributed by atoms with Crippen molar-refractivity contribution in [2.24, 2.45) is 4.99 Å². The Kier molecular flexibility index (Phi) is 4.09. The molecular formula is C19H20N4O. The molecule has 1 fully saturated rings. The number of hydrogen-bond acceptors (Lipinski definition) is 4. The first-order valence-corrected chi connectivity index (χ1v) is 8.46. The summed E-state index contributed by atoms with van der Waals surface area (Å²) in [4.78, 5) is 25.9. The topological polar surface area (TPSA) is 48.8 Å². The summed E-state index contributed by atoms with van der Waals surface area (Å²) < 4.78 is 0. The van der Waals surface area contributed by atoms with Gasteiger partial charge in [0.15, 0.2) is 5.82 Å². The highest BCUT2D eigenvalue weighted by Crippen LogP contribution is 2.30. The van der Waals surface area contributed by atoms with Crippen molar-refractivity contribution in [3.63, 3.8) is 0 Å². The smallest absolute Gasteiger partial charge is 0.278 e. The second-order valence-electron chi connectivity index (χ2n) is 6.22. The number of aromatic nitrogens is 1. The highest BCUT2D eigenvalue weighted by atomic mass is 16.2. The number of benzene rings is 1. The van der Waals surface area contributed by atoms with Gasteiger partial charge in [-0.3, -0.25) is 14.6 Å². The molecule has 4 rings (SSSR count). The van der Waals surface area contributed by atoms with Gasteiger partial charge >= 0.3 is 0 Å². The molecule has 1 amide bonds. The summed E-state index contributed by atoms with van der Waals surface area (Å²) in [7, 11) is 0. The van der Waals surface area contributed by atoms with Crippen molar-refractivity contribution in [2.45, 2.75) is 19.3 Å². The number of amides is 1. The number of likely N-dealkylation sites (tertiary alicyclic amines) is 1. The summed E-state index contributed by atoms with van der Waals surface area (Å²) in [5.41, 5.74) is 2.33. The number of nitrogens with zero attached hydrogens (tertiary/aromatic N) is 4. The fraction of sp³-hybridized carbons (Fsp3) is 0.316. The first-order valence-electron chi connectivity index (χ1n) is 8.46. The van der Waals surface area contributed by atoms with Crippen LogP contribution in [0, 0.1) is 0 Å².